The molecule has 206 valence electrons. The summed E-state index contributed by atoms with van der Waals surface area (Å²) in [7, 11) is -2.21. The number of hydrogen-bond donors (Lipinski definition) is 2. The van der Waals surface area contributed by atoms with E-state index >= 15 is 0 Å². The number of hydrogen-bond acceptors (Lipinski definition) is 9. The normalized spacial score (nSPS) is 19.9. The number of nitrogen functional groups attached to an aromatic ring is 1. The standard InChI is InChI=1S/C26H31N7O5S/c1-37-12-13-38-26(25(28)34)10-8-17(9-11-26)21-22(39(2,35)36)23(27)33-24(31-21)20(15-30-33)18-14-29-32(16-18)19-6-4-3-5-7-19/h3-7,14-17H,8-13,27H2,1-2H3,(H2,28,34)/t17-,26+. The number of carbonyl (C=O) groups is 1. The maximum atomic E-state index is 12.9. The Morgan fingerprint density at radius 1 is 1.13 bits per heavy atom. The Morgan fingerprint density at radius 2 is 1.85 bits per heavy atom. The second-order valence-corrected chi connectivity index (χ2v) is 11.7. The van der Waals surface area contributed by atoms with Crippen molar-refractivity contribution in [3.8, 4) is 16.8 Å². The van der Waals surface area contributed by atoms with Crippen LogP contribution in [-0.2, 0) is 24.1 Å². The largest absolute Gasteiger partial charge is 0.382 e. The van der Waals surface area contributed by atoms with Crippen LogP contribution < -0.4 is 11.5 Å². The minimum Gasteiger partial charge on any atom is -0.382 e. The van der Waals surface area contributed by atoms with E-state index in [1.54, 1.807) is 24.2 Å². The average Bonchev–Trinajstić information content (AvgIpc) is 3.56. The van der Waals surface area contributed by atoms with Crippen molar-refractivity contribution >= 4 is 27.2 Å². The molecule has 5 rings (SSSR count). The quantitative estimate of drug-likeness (QED) is 0.295. The van der Waals surface area contributed by atoms with Gasteiger partial charge in [0.2, 0.25) is 5.91 Å². The molecule has 39 heavy (non-hydrogen) atoms. The molecule has 4 aromatic rings. The fourth-order valence-electron chi connectivity index (χ4n) is 5.20. The molecule has 0 aliphatic heterocycles. The Morgan fingerprint density at radius 3 is 2.49 bits per heavy atom. The van der Waals surface area contributed by atoms with E-state index in [0.717, 1.165) is 17.5 Å². The van der Waals surface area contributed by atoms with Crippen LogP contribution in [-0.4, -0.2) is 70.9 Å². The van der Waals surface area contributed by atoms with E-state index in [2.05, 4.69) is 10.2 Å². The molecule has 0 unspecified atom stereocenters. The molecule has 0 bridgehead atoms. The number of amides is 1. The van der Waals surface area contributed by atoms with Gasteiger partial charge in [-0.05, 0) is 37.8 Å². The molecule has 1 amide bonds. The molecule has 1 fully saturated rings. The number of ether oxygens (including phenoxy) is 2. The van der Waals surface area contributed by atoms with Gasteiger partial charge < -0.3 is 20.9 Å². The number of benzene rings is 1. The lowest BCUT2D eigenvalue weighted by Gasteiger charge is -2.37. The van der Waals surface area contributed by atoms with Gasteiger partial charge in [-0.1, -0.05) is 18.2 Å². The van der Waals surface area contributed by atoms with Crippen molar-refractivity contribution in [1.29, 1.82) is 0 Å². The summed E-state index contributed by atoms with van der Waals surface area (Å²) in [6, 6.07) is 9.65. The Kier molecular flexibility index (Phi) is 7.14. The van der Waals surface area contributed by atoms with Gasteiger partial charge in [0.15, 0.2) is 15.5 Å². The van der Waals surface area contributed by atoms with Crippen LogP contribution in [0.5, 0.6) is 0 Å². The van der Waals surface area contributed by atoms with Crippen LogP contribution in [0.4, 0.5) is 5.82 Å². The highest BCUT2D eigenvalue weighted by molar-refractivity contribution is 7.91. The molecule has 0 saturated heterocycles. The Balaban J connectivity index is 1.54. The number of sulfone groups is 1. The van der Waals surface area contributed by atoms with Crippen molar-refractivity contribution in [2.24, 2.45) is 5.73 Å². The van der Waals surface area contributed by atoms with Crippen LogP contribution in [0.2, 0.25) is 0 Å². The first-order chi connectivity index (χ1) is 18.6. The Hall–Kier alpha value is -3.81. The van der Waals surface area contributed by atoms with Crippen LogP contribution in [0.3, 0.4) is 0 Å². The van der Waals surface area contributed by atoms with Crippen molar-refractivity contribution < 1.29 is 22.7 Å². The summed E-state index contributed by atoms with van der Waals surface area (Å²) in [6.07, 6.45) is 7.79. The van der Waals surface area contributed by atoms with E-state index in [1.165, 1.54) is 4.52 Å². The number of anilines is 1. The number of fused-ring (bicyclic) bond motifs is 1. The number of methoxy groups -OCH3 is 1. The van der Waals surface area contributed by atoms with Crippen molar-refractivity contribution in [1.82, 2.24) is 24.4 Å². The smallest absolute Gasteiger partial charge is 0.249 e. The van der Waals surface area contributed by atoms with Crippen molar-refractivity contribution in [2.75, 3.05) is 32.3 Å². The van der Waals surface area contributed by atoms with Gasteiger partial charge in [0.25, 0.3) is 0 Å². The lowest BCUT2D eigenvalue weighted by Crippen LogP contribution is -2.49. The lowest BCUT2D eigenvalue weighted by atomic mass is 9.77. The second-order valence-electron chi connectivity index (χ2n) is 9.76. The van der Waals surface area contributed by atoms with E-state index in [1.807, 2.05) is 36.5 Å². The van der Waals surface area contributed by atoms with Gasteiger partial charge in [0, 0.05) is 36.6 Å². The highest BCUT2D eigenvalue weighted by Gasteiger charge is 2.43. The number of aromatic nitrogens is 5. The molecule has 0 radical (unpaired) electrons. The highest BCUT2D eigenvalue weighted by atomic mass is 32.2. The summed E-state index contributed by atoms with van der Waals surface area (Å²) in [5.74, 6) is -0.838. The molecular weight excluding hydrogens is 522 g/mol. The van der Waals surface area contributed by atoms with Gasteiger partial charge in [-0.3, -0.25) is 4.79 Å². The molecular formula is C26H31N7O5S. The Labute approximate surface area is 225 Å². The van der Waals surface area contributed by atoms with Crippen molar-refractivity contribution in [3.63, 3.8) is 0 Å². The van der Waals surface area contributed by atoms with Crippen LogP contribution in [0.15, 0.2) is 53.8 Å². The fraction of sp³-hybridized carbons (Fsp3) is 0.385. The number of primary amides is 1. The SMILES string of the molecule is COCCO[C@]1(C(N)=O)CC[C@H](c2nc3c(-c4cnn(-c5ccccc5)c4)cnn3c(N)c2S(C)(=O)=O)CC1. The number of nitrogens with zero attached hydrogens (tertiary/aromatic N) is 5. The first-order valence-corrected chi connectivity index (χ1v) is 14.4. The molecule has 1 saturated carbocycles. The molecule has 13 heteroatoms. The van der Waals surface area contributed by atoms with E-state index in [9.17, 15) is 13.2 Å². The maximum absolute atomic E-state index is 12.9. The summed E-state index contributed by atoms with van der Waals surface area (Å²) in [5.41, 5.74) is 14.1. The van der Waals surface area contributed by atoms with Gasteiger partial charge >= 0.3 is 0 Å². The number of carbonyl (C=O) groups excluding carboxylic acids is 1. The molecule has 1 aromatic carbocycles. The third-order valence-corrected chi connectivity index (χ3v) is 8.40. The van der Waals surface area contributed by atoms with Gasteiger partial charge in [0.1, 0.15) is 16.3 Å². The monoisotopic (exact) mass is 553 g/mol. The van der Waals surface area contributed by atoms with Crippen LogP contribution in [0.25, 0.3) is 22.5 Å². The Bertz CT molecular complexity index is 1610. The van der Waals surface area contributed by atoms with E-state index < -0.39 is 21.3 Å². The highest BCUT2D eigenvalue weighted by Crippen LogP contribution is 2.43. The topological polar surface area (TPSA) is 170 Å². The maximum Gasteiger partial charge on any atom is 0.249 e. The predicted octanol–water partition coefficient (Wildman–Crippen LogP) is 2.11. The molecule has 1 aliphatic rings. The van der Waals surface area contributed by atoms with Gasteiger partial charge in [-0.2, -0.15) is 14.7 Å². The van der Waals surface area contributed by atoms with Crippen molar-refractivity contribution in [2.45, 2.75) is 42.1 Å². The van der Waals surface area contributed by atoms with Gasteiger partial charge in [-0.25, -0.2) is 18.1 Å². The zero-order valence-corrected chi connectivity index (χ0v) is 22.6. The number of rotatable bonds is 9. The molecule has 0 atom stereocenters. The predicted molar refractivity (Wildman–Crippen MR) is 144 cm³/mol. The molecule has 12 nitrogen and oxygen atoms in total. The molecule has 0 spiro atoms. The lowest BCUT2D eigenvalue weighted by molar-refractivity contribution is -0.151. The summed E-state index contributed by atoms with van der Waals surface area (Å²) in [5, 5.41) is 8.82. The van der Waals surface area contributed by atoms with Crippen LogP contribution in [0.1, 0.15) is 37.3 Å². The summed E-state index contributed by atoms with van der Waals surface area (Å²) >= 11 is 0. The van der Waals surface area contributed by atoms with Crippen LogP contribution >= 0.6 is 0 Å². The molecule has 4 N–H and O–H groups in total. The average molecular weight is 554 g/mol. The third-order valence-electron chi connectivity index (χ3n) is 7.24. The second kappa shape index (κ2) is 10.4. The molecule has 1 aliphatic carbocycles. The number of para-hydroxylation sites is 1. The van der Waals surface area contributed by atoms with Gasteiger partial charge in [-0.15, -0.1) is 0 Å². The van der Waals surface area contributed by atoms with E-state index in [4.69, 9.17) is 25.9 Å². The molecule has 3 aromatic heterocycles. The zero-order valence-electron chi connectivity index (χ0n) is 21.8. The first-order valence-electron chi connectivity index (χ1n) is 12.5. The molecule has 3 heterocycles. The fourth-order valence-corrected chi connectivity index (χ4v) is 6.26. The first kappa shape index (κ1) is 26.8. The summed E-state index contributed by atoms with van der Waals surface area (Å²) in [6.45, 7) is 0.558. The van der Waals surface area contributed by atoms with Crippen LogP contribution in [0, 0.1) is 0 Å². The minimum absolute atomic E-state index is 0.0118. The number of nitrogens with two attached hydrogens (primary N) is 2. The van der Waals surface area contributed by atoms with Gasteiger partial charge in [0.05, 0.1) is 37.0 Å². The van der Waals surface area contributed by atoms with Crippen molar-refractivity contribution in [3.05, 3.63) is 54.6 Å². The summed E-state index contributed by atoms with van der Waals surface area (Å²) < 4.78 is 39.8. The third kappa shape index (κ3) is 5.00. The van der Waals surface area contributed by atoms with E-state index in [-0.39, 0.29) is 23.2 Å². The van der Waals surface area contributed by atoms with E-state index in [0.29, 0.717) is 49.2 Å². The minimum atomic E-state index is -3.76. The zero-order chi connectivity index (χ0) is 27.8. The summed E-state index contributed by atoms with van der Waals surface area (Å²) in [4.78, 5) is 17.1.